The van der Waals surface area contributed by atoms with E-state index in [1.807, 2.05) is 0 Å². The van der Waals surface area contributed by atoms with E-state index in [4.69, 9.17) is 0 Å². The predicted molar refractivity (Wildman–Crippen MR) is 279 cm³/mol. The monoisotopic (exact) mass is 842 g/mol. The van der Waals surface area contributed by atoms with Crippen LogP contribution < -0.4 is 0 Å². The molecule has 2 aliphatic carbocycles. The van der Waals surface area contributed by atoms with Crippen LogP contribution in [0, 0.1) is 41.7 Å². The summed E-state index contributed by atoms with van der Waals surface area (Å²) in [5.41, 5.74) is 12.9. The molecule has 2 aliphatic rings. The van der Waals surface area contributed by atoms with Gasteiger partial charge in [0.2, 0.25) is 0 Å². The largest absolute Gasteiger partial charge is 0.0622 e. The Labute approximate surface area is 385 Å². The average Bonchev–Trinajstić information content (AvgIpc) is 3.84. The van der Waals surface area contributed by atoms with Crippen LogP contribution in [0.25, 0.3) is 87.6 Å². The minimum atomic E-state index is -0.0422. The van der Waals surface area contributed by atoms with Crippen LogP contribution in [-0.4, -0.2) is 0 Å². The zero-order chi connectivity index (χ0) is 44.6. The van der Waals surface area contributed by atoms with Gasteiger partial charge in [-0.25, -0.2) is 0 Å². The molecular formula is C66H50. The summed E-state index contributed by atoms with van der Waals surface area (Å²) in [4.78, 5) is 0. The van der Waals surface area contributed by atoms with Crippen molar-refractivity contribution >= 4 is 43.1 Å². The van der Waals surface area contributed by atoms with Crippen molar-refractivity contribution < 1.29 is 0 Å². The summed E-state index contributed by atoms with van der Waals surface area (Å²) in [6.45, 7) is 14.1. The van der Waals surface area contributed by atoms with Gasteiger partial charge in [0.05, 0.1) is 0 Å². The van der Waals surface area contributed by atoms with E-state index in [-0.39, 0.29) is 10.8 Å². The fourth-order valence-electron chi connectivity index (χ4n) is 11.7. The average molecular weight is 843 g/mol. The van der Waals surface area contributed by atoms with Crippen molar-refractivity contribution in [1.29, 1.82) is 0 Å². The van der Waals surface area contributed by atoms with Gasteiger partial charge >= 0.3 is 0 Å². The SMILES string of the molecule is CC(C)(C)c1cc(-c2c3c(c(-c4ccccc4)c4cc5ccccc5cc24)=c2ccc4c5c(ccc=3c25)=c2c(-c3ccccc3)c3ccccc3c(-c3ccccc3)c2=4)cc(C(C)(C)C)c1. The Bertz CT molecular complexity index is 4170. The highest BCUT2D eigenvalue weighted by Gasteiger charge is 2.27. The lowest BCUT2D eigenvalue weighted by atomic mass is 9.78. The zero-order valence-electron chi connectivity index (χ0n) is 38.5. The van der Waals surface area contributed by atoms with Crippen LogP contribution >= 0.6 is 0 Å². The summed E-state index contributed by atoms with van der Waals surface area (Å²) in [6.07, 6.45) is 0. The maximum atomic E-state index is 2.51. The molecule has 0 heterocycles. The van der Waals surface area contributed by atoms with Crippen molar-refractivity contribution in [1.82, 2.24) is 0 Å². The van der Waals surface area contributed by atoms with Gasteiger partial charge in [0.1, 0.15) is 0 Å². The second-order valence-corrected chi connectivity index (χ2v) is 20.8. The third kappa shape index (κ3) is 5.58. The Morgan fingerprint density at radius 3 is 0.909 bits per heavy atom. The summed E-state index contributed by atoms with van der Waals surface area (Å²) in [6, 6.07) is 73.8. The Balaban J connectivity index is 1.35. The number of hydrogen-bond donors (Lipinski definition) is 0. The van der Waals surface area contributed by atoms with Gasteiger partial charge in [0.25, 0.3) is 0 Å². The van der Waals surface area contributed by atoms with Crippen LogP contribution in [-0.2, 0) is 10.8 Å². The molecule has 0 aliphatic heterocycles. The molecule has 66 heavy (non-hydrogen) atoms. The van der Waals surface area contributed by atoms with Gasteiger partial charge in [0, 0.05) is 0 Å². The van der Waals surface area contributed by atoms with E-state index in [0.29, 0.717) is 0 Å². The molecule has 0 fully saturated rings. The second kappa shape index (κ2) is 14.0. The van der Waals surface area contributed by atoms with E-state index in [1.165, 1.54) is 140 Å². The molecular weight excluding hydrogens is 793 g/mol. The molecule has 0 bridgehead atoms. The quantitative estimate of drug-likeness (QED) is 0.155. The molecule has 0 atom stereocenters. The van der Waals surface area contributed by atoms with Crippen LogP contribution in [0.1, 0.15) is 52.7 Å². The molecule has 0 aromatic heterocycles. The molecule has 0 nitrogen and oxygen atoms in total. The van der Waals surface area contributed by atoms with Crippen molar-refractivity contribution in [2.75, 3.05) is 0 Å². The molecule has 0 heteroatoms. The molecule has 11 aromatic rings. The first-order chi connectivity index (χ1) is 32.0. The highest BCUT2D eigenvalue weighted by atomic mass is 14.3. The molecule has 0 unspecified atom stereocenters. The predicted octanol–water partition coefficient (Wildman–Crippen LogP) is 17.3. The first-order valence-electron chi connectivity index (χ1n) is 23.6. The van der Waals surface area contributed by atoms with Gasteiger partial charge in [-0.05, 0) is 163 Å². The number of rotatable bonds is 4. The van der Waals surface area contributed by atoms with Gasteiger partial charge in [0.15, 0.2) is 0 Å². The first-order valence-corrected chi connectivity index (χ1v) is 23.6. The minimum Gasteiger partial charge on any atom is -0.0622 e. The highest BCUT2D eigenvalue weighted by molar-refractivity contribution is 6.13. The lowest BCUT2D eigenvalue weighted by Crippen LogP contribution is -2.16. The van der Waals surface area contributed by atoms with Crippen molar-refractivity contribution in [2.24, 2.45) is 0 Å². The van der Waals surface area contributed by atoms with Crippen molar-refractivity contribution in [3.05, 3.63) is 247 Å². The van der Waals surface area contributed by atoms with Crippen molar-refractivity contribution in [3.8, 4) is 44.5 Å². The maximum absolute atomic E-state index is 2.51. The summed E-state index contributed by atoms with van der Waals surface area (Å²) in [5.74, 6) is 0. The molecule has 314 valence electrons. The minimum absolute atomic E-state index is 0.0422. The number of fused-ring (bicyclic) bond motifs is 5. The summed E-state index contributed by atoms with van der Waals surface area (Å²) in [5, 5.41) is 21.0. The normalized spacial score (nSPS) is 12.7. The second-order valence-electron chi connectivity index (χ2n) is 20.8. The maximum Gasteiger partial charge on any atom is -0.000740 e. The Morgan fingerprint density at radius 1 is 0.258 bits per heavy atom. The molecule has 0 spiro atoms. The van der Waals surface area contributed by atoms with Crippen LogP contribution in [0.4, 0.5) is 0 Å². The topological polar surface area (TPSA) is 0 Å². The van der Waals surface area contributed by atoms with E-state index in [9.17, 15) is 0 Å². The molecule has 0 radical (unpaired) electrons. The zero-order valence-corrected chi connectivity index (χ0v) is 38.5. The molecule has 0 saturated carbocycles. The van der Waals surface area contributed by atoms with Crippen LogP contribution in [0.2, 0.25) is 0 Å². The van der Waals surface area contributed by atoms with Gasteiger partial charge in [-0.15, -0.1) is 0 Å². The Morgan fingerprint density at radius 2 is 0.561 bits per heavy atom. The lowest BCUT2D eigenvalue weighted by molar-refractivity contribution is 0.569. The van der Waals surface area contributed by atoms with E-state index < -0.39 is 0 Å². The van der Waals surface area contributed by atoms with Gasteiger partial charge < -0.3 is 0 Å². The summed E-state index contributed by atoms with van der Waals surface area (Å²) < 4.78 is 0. The van der Waals surface area contributed by atoms with Gasteiger partial charge in [-0.1, -0.05) is 224 Å². The molecule has 0 N–H and O–H groups in total. The fourth-order valence-corrected chi connectivity index (χ4v) is 11.7. The smallest absolute Gasteiger partial charge is 0.000740 e. The van der Waals surface area contributed by atoms with E-state index in [0.717, 1.165) is 0 Å². The van der Waals surface area contributed by atoms with Crippen LogP contribution in [0.15, 0.2) is 194 Å². The van der Waals surface area contributed by atoms with Crippen LogP contribution in [0.3, 0.4) is 0 Å². The summed E-state index contributed by atoms with van der Waals surface area (Å²) in [7, 11) is 0. The van der Waals surface area contributed by atoms with E-state index in [2.05, 4.69) is 236 Å². The van der Waals surface area contributed by atoms with Crippen molar-refractivity contribution in [2.45, 2.75) is 52.4 Å². The summed E-state index contributed by atoms with van der Waals surface area (Å²) >= 11 is 0. The van der Waals surface area contributed by atoms with Gasteiger partial charge in [-0.3, -0.25) is 0 Å². The van der Waals surface area contributed by atoms with E-state index in [1.54, 1.807) is 0 Å². The first kappa shape index (κ1) is 38.9. The van der Waals surface area contributed by atoms with Crippen molar-refractivity contribution in [3.63, 3.8) is 0 Å². The van der Waals surface area contributed by atoms with Crippen LogP contribution in [0.5, 0.6) is 0 Å². The number of hydrogen-bond acceptors (Lipinski definition) is 0. The van der Waals surface area contributed by atoms with E-state index >= 15 is 0 Å². The fraction of sp³-hybridized carbons (Fsp3) is 0.121. The Hall–Kier alpha value is -7.54. The number of benzene rings is 11. The molecule has 0 saturated heterocycles. The van der Waals surface area contributed by atoms with Gasteiger partial charge in [-0.2, -0.15) is 0 Å². The standard InChI is InChI=1S/C66H50/c1-65(2,3)45-34-44(35-46(38-45)66(4,5)6)58-54-37-43-27-17-16-26-42(43)36-53(54)57(41-24-14-9-15-25-41)63-51-32-30-49-59-50(31-33-52(60(51)59)64(58)63)62-56(40-22-12-8-13-23-40)48-29-19-18-28-47(48)55(61(49)62)39-20-10-7-11-21-39/h7-38H,1-6H3. The Kier molecular flexibility index (Phi) is 8.24. The molecule has 0 amide bonds. The molecule has 11 aromatic carbocycles. The highest BCUT2D eigenvalue weighted by Crippen LogP contribution is 2.47. The third-order valence-corrected chi connectivity index (χ3v) is 14.8. The lowest BCUT2D eigenvalue weighted by Gasteiger charge is -2.27. The third-order valence-electron chi connectivity index (χ3n) is 14.8. The molecule has 13 rings (SSSR count).